The molecule has 25 heavy (non-hydrogen) atoms. The van der Waals surface area contributed by atoms with Crippen LogP contribution in [-0.2, 0) is 20.7 Å². The van der Waals surface area contributed by atoms with Gasteiger partial charge in [-0.25, -0.2) is 0 Å². The van der Waals surface area contributed by atoms with Crippen LogP contribution in [0.1, 0.15) is 12.5 Å². The van der Waals surface area contributed by atoms with Crippen molar-refractivity contribution in [3.05, 3.63) is 58.1 Å². The molecular formula is C18H17Cl2NO4. The predicted molar refractivity (Wildman–Crippen MR) is 97.3 cm³/mol. The third-order valence-electron chi connectivity index (χ3n) is 3.39. The number of benzene rings is 2. The Morgan fingerprint density at radius 1 is 1.16 bits per heavy atom. The minimum Gasteiger partial charge on any atom is -0.495 e. The molecule has 0 saturated carbocycles. The molecule has 0 radical (unpaired) electrons. The van der Waals surface area contributed by atoms with Gasteiger partial charge in [0.15, 0.2) is 6.10 Å². The molecule has 7 heteroatoms. The van der Waals surface area contributed by atoms with E-state index in [2.05, 4.69) is 5.32 Å². The summed E-state index contributed by atoms with van der Waals surface area (Å²) in [6.45, 7) is 1.48. The van der Waals surface area contributed by atoms with E-state index in [1.807, 2.05) is 0 Å². The molecule has 5 nitrogen and oxygen atoms in total. The highest BCUT2D eigenvalue weighted by atomic mass is 35.5. The molecule has 1 N–H and O–H groups in total. The lowest BCUT2D eigenvalue weighted by molar-refractivity contribution is -0.152. The van der Waals surface area contributed by atoms with Crippen molar-refractivity contribution in [3.8, 4) is 5.75 Å². The molecule has 0 aliphatic rings. The average Bonchev–Trinajstić information content (AvgIpc) is 2.57. The Kier molecular flexibility index (Phi) is 6.67. The highest BCUT2D eigenvalue weighted by Crippen LogP contribution is 2.27. The summed E-state index contributed by atoms with van der Waals surface area (Å²) in [6, 6.07) is 11.8. The van der Waals surface area contributed by atoms with Gasteiger partial charge in [-0.05, 0) is 36.8 Å². The van der Waals surface area contributed by atoms with Crippen molar-refractivity contribution in [1.82, 2.24) is 0 Å². The van der Waals surface area contributed by atoms with E-state index >= 15 is 0 Å². The van der Waals surface area contributed by atoms with Gasteiger partial charge in [-0.3, -0.25) is 9.59 Å². The number of hydrogen-bond donors (Lipinski definition) is 1. The van der Waals surface area contributed by atoms with Crippen molar-refractivity contribution in [2.45, 2.75) is 19.4 Å². The summed E-state index contributed by atoms with van der Waals surface area (Å²) in [6.07, 6.45) is -1.00. The Hall–Kier alpha value is -2.24. The molecule has 0 heterocycles. The topological polar surface area (TPSA) is 64.6 Å². The van der Waals surface area contributed by atoms with Crippen LogP contribution in [0.5, 0.6) is 5.75 Å². The molecule has 2 aromatic carbocycles. The quantitative estimate of drug-likeness (QED) is 0.764. The van der Waals surface area contributed by atoms with Gasteiger partial charge in [0.25, 0.3) is 5.91 Å². The second kappa shape index (κ2) is 8.74. The van der Waals surface area contributed by atoms with Gasteiger partial charge in [0.2, 0.25) is 0 Å². The zero-order chi connectivity index (χ0) is 18.4. The van der Waals surface area contributed by atoms with Gasteiger partial charge in [0.05, 0.1) is 19.2 Å². The van der Waals surface area contributed by atoms with Crippen molar-refractivity contribution in [2.24, 2.45) is 0 Å². The van der Waals surface area contributed by atoms with Crippen molar-refractivity contribution in [3.63, 3.8) is 0 Å². The third kappa shape index (κ3) is 5.37. The molecule has 2 aromatic rings. The Morgan fingerprint density at radius 2 is 1.88 bits per heavy atom. The minimum atomic E-state index is -0.987. The van der Waals surface area contributed by atoms with Gasteiger partial charge < -0.3 is 14.8 Å². The zero-order valence-corrected chi connectivity index (χ0v) is 15.2. The summed E-state index contributed by atoms with van der Waals surface area (Å²) < 4.78 is 10.3. The first kappa shape index (κ1) is 19.1. The van der Waals surface area contributed by atoms with E-state index in [1.54, 1.807) is 42.5 Å². The van der Waals surface area contributed by atoms with Crippen LogP contribution >= 0.6 is 23.2 Å². The van der Waals surface area contributed by atoms with E-state index in [-0.39, 0.29) is 6.42 Å². The molecule has 0 fully saturated rings. The van der Waals surface area contributed by atoms with E-state index < -0.39 is 18.0 Å². The first-order valence-corrected chi connectivity index (χ1v) is 8.23. The maximum atomic E-state index is 12.2. The summed E-state index contributed by atoms with van der Waals surface area (Å²) in [5.74, 6) is -0.589. The lowest BCUT2D eigenvalue weighted by Gasteiger charge is -2.15. The van der Waals surface area contributed by atoms with Gasteiger partial charge in [-0.15, -0.1) is 0 Å². The first-order valence-electron chi connectivity index (χ1n) is 7.48. The molecule has 1 atom stereocenters. The molecule has 0 aliphatic carbocycles. The van der Waals surface area contributed by atoms with Crippen molar-refractivity contribution in [2.75, 3.05) is 12.4 Å². The number of halogens is 2. The predicted octanol–water partition coefficient (Wildman–Crippen LogP) is 4.11. The van der Waals surface area contributed by atoms with Crippen LogP contribution in [-0.4, -0.2) is 25.1 Å². The molecule has 0 aliphatic heterocycles. The fourth-order valence-corrected chi connectivity index (χ4v) is 2.48. The van der Waals surface area contributed by atoms with Crippen LogP contribution in [0.3, 0.4) is 0 Å². The number of ether oxygens (including phenoxy) is 2. The summed E-state index contributed by atoms with van der Waals surface area (Å²) in [5, 5.41) is 3.55. The van der Waals surface area contributed by atoms with Crippen molar-refractivity contribution >= 4 is 40.8 Å². The second-order valence-electron chi connectivity index (χ2n) is 5.23. The molecule has 0 unspecified atom stereocenters. The Balaban J connectivity index is 1.97. The first-order chi connectivity index (χ1) is 11.9. The van der Waals surface area contributed by atoms with Crippen LogP contribution < -0.4 is 10.1 Å². The third-order valence-corrected chi connectivity index (χ3v) is 3.99. The lowest BCUT2D eigenvalue weighted by atomic mass is 10.1. The standard InChI is InChI=1S/C18H17Cl2NO4/c1-11(25-17(22)9-12-5-3-4-6-14(12)20)18(23)21-15-10-13(19)7-8-16(15)24-2/h3-8,10-11H,9H2,1-2H3,(H,21,23)/t11-/m1/s1. The molecular weight excluding hydrogens is 365 g/mol. The van der Waals surface area contributed by atoms with Gasteiger partial charge in [0.1, 0.15) is 5.75 Å². The van der Waals surface area contributed by atoms with Crippen molar-refractivity contribution < 1.29 is 19.1 Å². The van der Waals surface area contributed by atoms with E-state index in [9.17, 15) is 9.59 Å². The molecule has 0 spiro atoms. The highest BCUT2D eigenvalue weighted by Gasteiger charge is 2.20. The summed E-state index contributed by atoms with van der Waals surface area (Å²) in [7, 11) is 1.48. The monoisotopic (exact) mass is 381 g/mol. The Bertz CT molecular complexity index is 779. The minimum absolute atomic E-state index is 0.0161. The number of nitrogens with one attached hydrogen (secondary N) is 1. The van der Waals surface area contributed by atoms with Crippen LogP contribution in [0.2, 0.25) is 10.0 Å². The number of rotatable bonds is 6. The maximum Gasteiger partial charge on any atom is 0.311 e. The fourth-order valence-electron chi connectivity index (χ4n) is 2.10. The van der Waals surface area contributed by atoms with Gasteiger partial charge in [-0.2, -0.15) is 0 Å². The molecule has 0 bridgehead atoms. The SMILES string of the molecule is COc1ccc(Cl)cc1NC(=O)[C@@H](C)OC(=O)Cc1ccccc1Cl. The second-order valence-corrected chi connectivity index (χ2v) is 6.08. The van der Waals surface area contributed by atoms with Crippen LogP contribution in [0.25, 0.3) is 0 Å². The van der Waals surface area contributed by atoms with Gasteiger partial charge >= 0.3 is 5.97 Å². The highest BCUT2D eigenvalue weighted by molar-refractivity contribution is 6.31. The number of amides is 1. The van der Waals surface area contributed by atoms with Crippen LogP contribution in [0, 0.1) is 0 Å². The number of esters is 1. The van der Waals surface area contributed by atoms with E-state index in [0.29, 0.717) is 27.0 Å². The fraction of sp³-hybridized carbons (Fsp3) is 0.222. The van der Waals surface area contributed by atoms with Gasteiger partial charge in [-0.1, -0.05) is 41.4 Å². The molecule has 0 saturated heterocycles. The largest absolute Gasteiger partial charge is 0.495 e. The Labute approximate surface area is 155 Å². The lowest BCUT2D eigenvalue weighted by Crippen LogP contribution is -2.30. The van der Waals surface area contributed by atoms with E-state index in [1.165, 1.54) is 14.0 Å². The summed E-state index contributed by atoms with van der Waals surface area (Å²) in [5.41, 5.74) is 1.03. The summed E-state index contributed by atoms with van der Waals surface area (Å²) >= 11 is 11.9. The maximum absolute atomic E-state index is 12.2. The number of methoxy groups -OCH3 is 1. The normalized spacial score (nSPS) is 11.5. The number of anilines is 1. The van der Waals surface area contributed by atoms with Crippen LogP contribution in [0.4, 0.5) is 5.69 Å². The zero-order valence-electron chi connectivity index (χ0n) is 13.7. The van der Waals surface area contributed by atoms with E-state index in [4.69, 9.17) is 32.7 Å². The van der Waals surface area contributed by atoms with Crippen molar-refractivity contribution in [1.29, 1.82) is 0 Å². The van der Waals surface area contributed by atoms with E-state index in [0.717, 1.165) is 0 Å². The average molecular weight is 382 g/mol. The number of hydrogen-bond acceptors (Lipinski definition) is 4. The van der Waals surface area contributed by atoms with Gasteiger partial charge in [0, 0.05) is 10.0 Å². The molecule has 1 amide bonds. The smallest absolute Gasteiger partial charge is 0.311 e. The molecule has 0 aromatic heterocycles. The molecule has 132 valence electrons. The number of carbonyl (C=O) groups excluding carboxylic acids is 2. The summed E-state index contributed by atoms with van der Waals surface area (Å²) in [4.78, 5) is 24.2. The van der Waals surface area contributed by atoms with Crippen LogP contribution in [0.15, 0.2) is 42.5 Å². The number of carbonyl (C=O) groups is 2. The molecule has 2 rings (SSSR count). The Morgan fingerprint density at radius 3 is 2.56 bits per heavy atom.